The van der Waals surface area contributed by atoms with Crippen LogP contribution in [0.3, 0.4) is 0 Å². The lowest BCUT2D eigenvalue weighted by atomic mass is 9.82. The van der Waals surface area contributed by atoms with Crippen molar-refractivity contribution in [2.24, 2.45) is 5.92 Å². The maximum atomic E-state index is 10.8. The van der Waals surface area contributed by atoms with Crippen LogP contribution in [0.4, 0.5) is 11.5 Å². The number of aromatic hydroxyl groups is 1. The topological polar surface area (TPSA) is 77.0 Å². The van der Waals surface area contributed by atoms with Gasteiger partial charge in [0.25, 0.3) is 0 Å². The molecule has 1 aliphatic carbocycles. The molecular formula is C37H48N6O2. The van der Waals surface area contributed by atoms with E-state index >= 15 is 0 Å². The number of nitrogens with one attached hydrogen (secondary N) is 1. The van der Waals surface area contributed by atoms with Crippen LogP contribution in [-0.4, -0.2) is 76.4 Å². The predicted octanol–water partition coefficient (Wildman–Crippen LogP) is 5.58. The molecular weight excluding hydrogens is 560 g/mol. The van der Waals surface area contributed by atoms with Crippen molar-refractivity contribution in [2.75, 3.05) is 42.6 Å². The predicted molar refractivity (Wildman–Crippen MR) is 178 cm³/mol. The summed E-state index contributed by atoms with van der Waals surface area (Å²) < 4.78 is 6.77. The zero-order valence-electron chi connectivity index (χ0n) is 26.8. The van der Waals surface area contributed by atoms with Crippen molar-refractivity contribution in [3.8, 4) is 11.8 Å². The number of benzene rings is 2. The van der Waals surface area contributed by atoms with Crippen LogP contribution in [0, 0.1) is 5.92 Å². The molecule has 8 heteroatoms. The first kappa shape index (κ1) is 28.1. The molecule has 2 N–H and O–H groups in total. The second kappa shape index (κ2) is 11.0. The summed E-state index contributed by atoms with van der Waals surface area (Å²) in [7, 11) is 0. The quantitative estimate of drug-likeness (QED) is 0.376. The second-order valence-electron chi connectivity index (χ2n) is 14.9. The van der Waals surface area contributed by atoms with Gasteiger partial charge in [-0.1, -0.05) is 38.0 Å². The SMILES string of the molecule is CCc1cccc2cc(O)cc(N3CCc4c(nc(OCC56CCCN5C5CCCCC5C6)nc4N4CC5CCC(C4)N5)C3)c12. The summed E-state index contributed by atoms with van der Waals surface area (Å²) in [6.07, 6.45) is 13.6. The molecule has 1 saturated carbocycles. The standard InChI is InChI=1S/C37H48N6O2/c1-2-24-8-5-9-25-17-29(44)18-33(34(24)25)41-16-13-30-31(22-41)39-36(40-35(30)42-20-27-11-12-28(21-42)38-27)45-23-37-14-6-15-43(37)32-10-4-3-7-26(32)19-37/h5,8-9,17-18,26-28,32,38,44H,2-4,6-7,10-16,19-23H2,1H3. The number of piperazine rings is 1. The Morgan fingerprint density at radius 2 is 1.87 bits per heavy atom. The van der Waals surface area contributed by atoms with Gasteiger partial charge in [0.2, 0.25) is 0 Å². The maximum Gasteiger partial charge on any atom is 0.318 e. The molecule has 0 amide bonds. The highest BCUT2D eigenvalue weighted by atomic mass is 16.5. The number of anilines is 2. The number of hydrogen-bond acceptors (Lipinski definition) is 8. The number of aromatic nitrogens is 2. The molecule has 5 aliphatic heterocycles. The first-order valence-electron chi connectivity index (χ1n) is 17.9. The third kappa shape index (κ3) is 4.77. The van der Waals surface area contributed by atoms with Gasteiger partial charge in [-0.25, -0.2) is 0 Å². The van der Waals surface area contributed by atoms with E-state index in [-0.39, 0.29) is 5.54 Å². The van der Waals surface area contributed by atoms with Crippen molar-refractivity contribution < 1.29 is 9.84 Å². The normalized spacial score (nSPS) is 30.9. The van der Waals surface area contributed by atoms with Crippen LogP contribution in [-0.2, 0) is 19.4 Å². The van der Waals surface area contributed by atoms with Crippen LogP contribution in [0.25, 0.3) is 10.8 Å². The van der Waals surface area contributed by atoms with Crippen molar-refractivity contribution in [1.82, 2.24) is 20.2 Å². The zero-order valence-corrected chi connectivity index (χ0v) is 26.8. The summed E-state index contributed by atoms with van der Waals surface area (Å²) >= 11 is 0. The van der Waals surface area contributed by atoms with Crippen LogP contribution in [0.1, 0.15) is 81.5 Å². The Balaban J connectivity index is 1.06. The van der Waals surface area contributed by atoms with Gasteiger partial charge in [-0.05, 0) is 87.3 Å². The third-order valence-corrected chi connectivity index (χ3v) is 12.3. The number of aryl methyl sites for hydroxylation is 1. The minimum absolute atomic E-state index is 0.149. The molecule has 5 atom stereocenters. The maximum absolute atomic E-state index is 10.8. The van der Waals surface area contributed by atoms with Crippen LogP contribution < -0.4 is 19.9 Å². The van der Waals surface area contributed by atoms with Crippen molar-refractivity contribution in [3.05, 3.63) is 47.2 Å². The number of nitrogens with zero attached hydrogens (tertiary/aromatic N) is 5. The van der Waals surface area contributed by atoms with Crippen molar-refractivity contribution in [1.29, 1.82) is 0 Å². The van der Waals surface area contributed by atoms with Gasteiger partial charge in [0.15, 0.2) is 0 Å². The van der Waals surface area contributed by atoms with Gasteiger partial charge in [-0.2, -0.15) is 9.97 Å². The molecule has 0 spiro atoms. The van der Waals surface area contributed by atoms with E-state index < -0.39 is 0 Å². The van der Waals surface area contributed by atoms with E-state index in [9.17, 15) is 5.11 Å². The number of fused-ring (bicyclic) bond motifs is 7. The fourth-order valence-corrected chi connectivity index (χ4v) is 10.3. The van der Waals surface area contributed by atoms with Crippen LogP contribution in [0.15, 0.2) is 30.3 Å². The molecule has 2 aromatic carbocycles. The molecule has 2 bridgehead atoms. The molecule has 1 aromatic heterocycles. The van der Waals surface area contributed by atoms with E-state index in [1.807, 2.05) is 12.1 Å². The molecule has 4 saturated heterocycles. The minimum Gasteiger partial charge on any atom is -0.508 e. The highest BCUT2D eigenvalue weighted by molar-refractivity contribution is 5.98. The van der Waals surface area contributed by atoms with Gasteiger partial charge in [-0.3, -0.25) is 4.90 Å². The van der Waals surface area contributed by atoms with E-state index in [0.29, 0.717) is 37.0 Å². The smallest absolute Gasteiger partial charge is 0.318 e. The number of phenolic OH excluding ortho intramolecular Hbond substituents is 1. The van der Waals surface area contributed by atoms with Gasteiger partial charge < -0.3 is 25.0 Å². The van der Waals surface area contributed by atoms with E-state index in [2.05, 4.69) is 45.1 Å². The first-order chi connectivity index (χ1) is 22.1. The van der Waals surface area contributed by atoms with Crippen molar-refractivity contribution >= 4 is 22.3 Å². The molecule has 3 aromatic rings. The van der Waals surface area contributed by atoms with Crippen LogP contribution >= 0.6 is 0 Å². The lowest BCUT2D eigenvalue weighted by Gasteiger charge is -2.38. The highest BCUT2D eigenvalue weighted by Gasteiger charge is 2.54. The molecule has 238 valence electrons. The minimum atomic E-state index is 0.149. The Kier molecular flexibility index (Phi) is 6.89. The molecule has 0 radical (unpaired) electrons. The molecule has 45 heavy (non-hydrogen) atoms. The summed E-state index contributed by atoms with van der Waals surface area (Å²) in [6, 6.07) is 12.7. The molecule has 6 heterocycles. The Morgan fingerprint density at radius 3 is 2.73 bits per heavy atom. The molecule has 6 aliphatic rings. The summed E-state index contributed by atoms with van der Waals surface area (Å²) in [5.74, 6) is 2.25. The summed E-state index contributed by atoms with van der Waals surface area (Å²) in [5, 5.41) is 16.9. The second-order valence-corrected chi connectivity index (χ2v) is 14.9. The lowest BCUT2D eigenvalue weighted by molar-refractivity contribution is 0.0774. The van der Waals surface area contributed by atoms with Crippen molar-refractivity contribution in [3.63, 3.8) is 0 Å². The molecule has 5 fully saturated rings. The Hall–Kier alpha value is -3.10. The summed E-state index contributed by atoms with van der Waals surface area (Å²) in [6.45, 7) is 7.70. The van der Waals surface area contributed by atoms with Gasteiger partial charge in [0, 0.05) is 60.5 Å². The zero-order chi connectivity index (χ0) is 30.1. The molecule has 5 unspecified atom stereocenters. The summed E-state index contributed by atoms with van der Waals surface area (Å²) in [4.78, 5) is 18.2. The van der Waals surface area contributed by atoms with Gasteiger partial charge in [-0.15, -0.1) is 0 Å². The van der Waals surface area contributed by atoms with Gasteiger partial charge >= 0.3 is 6.01 Å². The summed E-state index contributed by atoms with van der Waals surface area (Å²) in [5.41, 5.74) is 4.93. The Labute approximate surface area is 267 Å². The van der Waals surface area contributed by atoms with Gasteiger partial charge in [0.1, 0.15) is 18.2 Å². The Morgan fingerprint density at radius 1 is 1.00 bits per heavy atom. The first-order valence-corrected chi connectivity index (χ1v) is 17.9. The third-order valence-electron chi connectivity index (χ3n) is 12.3. The average molecular weight is 609 g/mol. The lowest BCUT2D eigenvalue weighted by Crippen LogP contribution is -2.52. The number of ether oxygens (including phenoxy) is 1. The Bertz CT molecular complexity index is 1600. The van der Waals surface area contributed by atoms with Gasteiger partial charge in [0.05, 0.1) is 17.8 Å². The monoisotopic (exact) mass is 608 g/mol. The largest absolute Gasteiger partial charge is 0.508 e. The van der Waals surface area contributed by atoms with Crippen LogP contribution in [0.2, 0.25) is 0 Å². The molecule has 9 rings (SSSR count). The van der Waals surface area contributed by atoms with Crippen molar-refractivity contribution in [2.45, 2.75) is 108 Å². The van der Waals surface area contributed by atoms with Crippen LogP contribution in [0.5, 0.6) is 11.8 Å². The van der Waals surface area contributed by atoms with E-state index in [0.717, 1.165) is 67.0 Å². The number of hydrogen-bond donors (Lipinski definition) is 2. The molecule has 8 nitrogen and oxygen atoms in total. The van der Waals surface area contributed by atoms with E-state index in [1.54, 1.807) is 0 Å². The number of phenols is 1. The average Bonchev–Trinajstić information content (AvgIpc) is 3.72. The fourth-order valence-electron chi connectivity index (χ4n) is 10.3. The van der Waals surface area contributed by atoms with E-state index in [4.69, 9.17) is 14.7 Å². The fraction of sp³-hybridized carbons (Fsp3) is 0.622. The highest BCUT2D eigenvalue weighted by Crippen LogP contribution is 2.50. The number of rotatable bonds is 6. The van der Waals surface area contributed by atoms with E-state index in [1.165, 1.54) is 80.8 Å².